The van der Waals surface area contributed by atoms with Gasteiger partial charge in [-0.2, -0.15) is 0 Å². The average molecular weight is 246 g/mol. The molecule has 0 aliphatic heterocycles. The Morgan fingerprint density at radius 1 is 1.50 bits per heavy atom. The first-order valence-electron chi connectivity index (χ1n) is 4.72. The predicted octanol–water partition coefficient (Wildman–Crippen LogP) is 0.338. The summed E-state index contributed by atoms with van der Waals surface area (Å²) in [6.07, 6.45) is 1.64. The molecule has 0 atom stereocenters. The second-order valence-electron chi connectivity index (χ2n) is 3.33. The van der Waals surface area contributed by atoms with Crippen molar-refractivity contribution < 1.29 is 9.59 Å². The first-order chi connectivity index (χ1) is 7.06. The minimum absolute atomic E-state index is 0. The van der Waals surface area contributed by atoms with Crippen LogP contribution in [0, 0.1) is 0 Å². The Labute approximate surface area is 100 Å². The number of aromatic nitrogens is 1. The van der Waals surface area contributed by atoms with E-state index in [1.807, 2.05) is 0 Å². The molecule has 90 valence electrons. The van der Waals surface area contributed by atoms with E-state index in [4.69, 9.17) is 5.73 Å². The highest BCUT2D eigenvalue weighted by Gasteiger charge is 2.12. The fraction of sp³-hybridized carbons (Fsp3) is 0.400. The Morgan fingerprint density at radius 2 is 2.12 bits per heavy atom. The highest BCUT2D eigenvalue weighted by molar-refractivity contribution is 5.99. The number of ketones is 1. The third-order valence-electron chi connectivity index (χ3n) is 2.07. The van der Waals surface area contributed by atoms with Crippen LogP contribution < -0.4 is 11.1 Å². The van der Waals surface area contributed by atoms with E-state index >= 15 is 0 Å². The normalized spacial score (nSPS) is 9.44. The van der Waals surface area contributed by atoms with Crippen LogP contribution in [0.25, 0.3) is 0 Å². The molecule has 1 aromatic heterocycles. The van der Waals surface area contributed by atoms with Crippen LogP contribution in [0.1, 0.15) is 27.8 Å². The molecule has 1 amide bonds. The number of hydrogen-bond acceptors (Lipinski definition) is 3. The van der Waals surface area contributed by atoms with Gasteiger partial charge in [0.25, 0.3) is 5.91 Å². The van der Waals surface area contributed by atoms with Crippen LogP contribution in [-0.2, 0) is 7.05 Å². The van der Waals surface area contributed by atoms with E-state index in [0.717, 1.165) is 0 Å². The summed E-state index contributed by atoms with van der Waals surface area (Å²) >= 11 is 0. The van der Waals surface area contributed by atoms with Crippen LogP contribution in [0.2, 0.25) is 0 Å². The van der Waals surface area contributed by atoms with Gasteiger partial charge in [-0.1, -0.05) is 0 Å². The van der Waals surface area contributed by atoms with Gasteiger partial charge in [-0.05, 0) is 13.0 Å². The maximum absolute atomic E-state index is 11.6. The standard InChI is InChI=1S/C10H15N3O2.ClH/c1-7(14)8-5-9(13(2)6-8)10(15)12-4-3-11;/h5-6H,3-4,11H2,1-2H3,(H,12,15);1H. The van der Waals surface area contributed by atoms with Gasteiger partial charge in [0.2, 0.25) is 0 Å². The largest absolute Gasteiger partial charge is 0.349 e. The number of rotatable bonds is 4. The van der Waals surface area contributed by atoms with Gasteiger partial charge in [-0.3, -0.25) is 9.59 Å². The van der Waals surface area contributed by atoms with Gasteiger partial charge >= 0.3 is 0 Å². The number of carbonyl (C=O) groups is 2. The quantitative estimate of drug-likeness (QED) is 0.751. The van der Waals surface area contributed by atoms with Crippen LogP contribution in [0.3, 0.4) is 0 Å². The summed E-state index contributed by atoms with van der Waals surface area (Å²) < 4.78 is 1.63. The van der Waals surface area contributed by atoms with Gasteiger partial charge in [0.05, 0.1) is 0 Å². The maximum atomic E-state index is 11.6. The summed E-state index contributed by atoms with van der Waals surface area (Å²) in [5.74, 6) is -0.265. The lowest BCUT2D eigenvalue weighted by molar-refractivity contribution is 0.0946. The van der Waals surface area contributed by atoms with E-state index in [-0.39, 0.29) is 24.1 Å². The van der Waals surface area contributed by atoms with Crippen molar-refractivity contribution in [2.45, 2.75) is 6.92 Å². The van der Waals surface area contributed by atoms with Crippen LogP contribution in [0.5, 0.6) is 0 Å². The molecular weight excluding hydrogens is 230 g/mol. The lowest BCUT2D eigenvalue weighted by atomic mass is 10.2. The second kappa shape index (κ2) is 6.30. The fourth-order valence-electron chi connectivity index (χ4n) is 1.26. The number of carbonyl (C=O) groups excluding carboxylic acids is 2. The molecule has 16 heavy (non-hydrogen) atoms. The minimum atomic E-state index is -0.213. The van der Waals surface area contributed by atoms with Gasteiger partial charge in [0.1, 0.15) is 5.69 Å². The molecule has 0 fully saturated rings. The van der Waals surface area contributed by atoms with E-state index in [2.05, 4.69) is 5.32 Å². The molecule has 5 nitrogen and oxygen atoms in total. The SMILES string of the molecule is CC(=O)c1cc(C(=O)NCCN)n(C)c1.Cl. The summed E-state index contributed by atoms with van der Waals surface area (Å²) in [6.45, 7) is 2.30. The number of amides is 1. The molecule has 0 aliphatic carbocycles. The summed E-state index contributed by atoms with van der Waals surface area (Å²) in [7, 11) is 1.73. The van der Waals surface area contributed by atoms with Crippen molar-refractivity contribution in [1.82, 2.24) is 9.88 Å². The molecule has 0 saturated carbocycles. The monoisotopic (exact) mass is 245 g/mol. The van der Waals surface area contributed by atoms with Crippen LogP contribution in [0.15, 0.2) is 12.3 Å². The van der Waals surface area contributed by atoms with Crippen LogP contribution in [-0.4, -0.2) is 29.3 Å². The summed E-state index contributed by atoms with van der Waals surface area (Å²) in [5, 5.41) is 2.65. The fourth-order valence-corrected chi connectivity index (χ4v) is 1.26. The predicted molar refractivity (Wildman–Crippen MR) is 64.1 cm³/mol. The zero-order valence-corrected chi connectivity index (χ0v) is 10.1. The van der Waals surface area contributed by atoms with Gasteiger partial charge < -0.3 is 15.6 Å². The molecule has 0 aromatic carbocycles. The third-order valence-corrected chi connectivity index (χ3v) is 2.07. The Morgan fingerprint density at radius 3 is 2.56 bits per heavy atom. The molecule has 1 heterocycles. The number of nitrogens with two attached hydrogens (primary N) is 1. The van der Waals surface area contributed by atoms with Gasteiger partial charge in [-0.15, -0.1) is 12.4 Å². The number of Topliss-reactive ketones (excluding diaryl/α,β-unsaturated/α-hetero) is 1. The van der Waals surface area contributed by atoms with Crippen molar-refractivity contribution in [3.05, 3.63) is 23.5 Å². The summed E-state index contributed by atoms with van der Waals surface area (Å²) in [5.41, 5.74) is 6.27. The van der Waals surface area contributed by atoms with E-state index in [9.17, 15) is 9.59 Å². The number of nitrogens with zero attached hydrogens (tertiary/aromatic N) is 1. The number of aryl methyl sites for hydroxylation is 1. The van der Waals surface area contributed by atoms with Crippen molar-refractivity contribution in [1.29, 1.82) is 0 Å². The summed E-state index contributed by atoms with van der Waals surface area (Å²) in [6, 6.07) is 1.58. The van der Waals surface area contributed by atoms with Gasteiger partial charge in [0, 0.05) is 31.9 Å². The van der Waals surface area contributed by atoms with Crippen LogP contribution in [0.4, 0.5) is 0 Å². The molecule has 1 aromatic rings. The van der Waals surface area contributed by atoms with Crippen LogP contribution >= 0.6 is 12.4 Å². The molecular formula is C10H16ClN3O2. The first kappa shape index (κ1) is 14.7. The van der Waals surface area contributed by atoms with Crippen molar-refractivity contribution >= 4 is 24.1 Å². The molecule has 3 N–H and O–H groups in total. The Bertz CT molecular complexity index is 387. The van der Waals surface area contributed by atoms with E-state index in [0.29, 0.717) is 24.3 Å². The molecule has 0 radical (unpaired) electrons. The van der Waals surface area contributed by atoms with Crippen molar-refractivity contribution in [3.63, 3.8) is 0 Å². The Hall–Kier alpha value is -1.33. The maximum Gasteiger partial charge on any atom is 0.267 e. The molecule has 0 saturated heterocycles. The minimum Gasteiger partial charge on any atom is -0.349 e. The molecule has 0 aliphatic rings. The number of nitrogens with one attached hydrogen (secondary N) is 1. The first-order valence-corrected chi connectivity index (χ1v) is 4.72. The molecule has 0 spiro atoms. The molecule has 6 heteroatoms. The highest BCUT2D eigenvalue weighted by atomic mass is 35.5. The molecule has 1 rings (SSSR count). The molecule has 0 unspecified atom stereocenters. The van der Waals surface area contributed by atoms with E-state index in [1.165, 1.54) is 6.92 Å². The van der Waals surface area contributed by atoms with Crippen molar-refractivity contribution in [2.75, 3.05) is 13.1 Å². The average Bonchev–Trinajstić information content (AvgIpc) is 2.57. The second-order valence-corrected chi connectivity index (χ2v) is 3.33. The van der Waals surface area contributed by atoms with Gasteiger partial charge in [-0.25, -0.2) is 0 Å². The van der Waals surface area contributed by atoms with E-state index < -0.39 is 0 Å². The number of halogens is 1. The Kier molecular flexibility index (Phi) is 5.77. The highest BCUT2D eigenvalue weighted by Crippen LogP contribution is 2.07. The van der Waals surface area contributed by atoms with Gasteiger partial charge in [0.15, 0.2) is 5.78 Å². The zero-order chi connectivity index (χ0) is 11.4. The third kappa shape index (κ3) is 3.36. The Balaban J connectivity index is 0.00000225. The topological polar surface area (TPSA) is 77.1 Å². The number of hydrogen-bond donors (Lipinski definition) is 2. The lowest BCUT2D eigenvalue weighted by Gasteiger charge is -2.03. The summed E-state index contributed by atoms with van der Waals surface area (Å²) in [4.78, 5) is 22.6. The lowest BCUT2D eigenvalue weighted by Crippen LogP contribution is -2.30. The smallest absolute Gasteiger partial charge is 0.267 e. The van der Waals surface area contributed by atoms with E-state index in [1.54, 1.807) is 23.9 Å². The van der Waals surface area contributed by atoms with Crippen molar-refractivity contribution in [2.24, 2.45) is 12.8 Å². The molecule has 0 bridgehead atoms. The zero-order valence-electron chi connectivity index (χ0n) is 9.32. The van der Waals surface area contributed by atoms with Crippen molar-refractivity contribution in [3.8, 4) is 0 Å².